The third-order valence-corrected chi connectivity index (χ3v) is 4.70. The number of thiocarbonyl (C=S) groups is 1. The average Bonchev–Trinajstić information content (AvgIpc) is 2.65. The summed E-state index contributed by atoms with van der Waals surface area (Å²) in [6, 6.07) is 12.0. The van der Waals surface area contributed by atoms with Crippen LogP contribution in [0.25, 0.3) is 6.08 Å². The quantitative estimate of drug-likeness (QED) is 0.435. The Balaban J connectivity index is 1.90. The number of carbonyl (C=O) groups is 3. The lowest BCUT2D eigenvalue weighted by molar-refractivity contribution is -0.144. The third-order valence-electron chi connectivity index (χ3n) is 4.42. The molecule has 0 radical (unpaired) electrons. The molecule has 1 saturated heterocycles. The molecule has 1 unspecified atom stereocenters. The summed E-state index contributed by atoms with van der Waals surface area (Å²) in [6.07, 6.45) is 0.465. The van der Waals surface area contributed by atoms with Gasteiger partial charge in [-0.3, -0.25) is 19.8 Å². The summed E-state index contributed by atoms with van der Waals surface area (Å²) in [6.45, 7) is 5.25. The van der Waals surface area contributed by atoms with Crippen LogP contribution in [-0.4, -0.2) is 34.1 Å². The fraction of sp³-hybridized carbons (Fsp3) is 0.182. The van der Waals surface area contributed by atoms with E-state index in [4.69, 9.17) is 22.1 Å². The lowest BCUT2D eigenvalue weighted by Crippen LogP contribution is -2.54. The lowest BCUT2D eigenvalue weighted by Gasteiger charge is -2.29. The molecule has 7 nitrogen and oxygen atoms in total. The number of ether oxygens (including phenoxy) is 1. The third kappa shape index (κ3) is 4.55. The largest absolute Gasteiger partial charge is 0.479 e. The average molecular weight is 424 g/mol. The van der Waals surface area contributed by atoms with Crippen molar-refractivity contribution in [1.82, 2.24) is 5.32 Å². The molecule has 2 amide bonds. The lowest BCUT2D eigenvalue weighted by atomic mass is 10.1. The van der Waals surface area contributed by atoms with E-state index in [0.29, 0.717) is 17.0 Å². The molecule has 1 aliphatic rings. The Kier molecular flexibility index (Phi) is 5.98. The number of hydrogen-bond donors (Lipinski definition) is 2. The van der Waals surface area contributed by atoms with Gasteiger partial charge in [0.25, 0.3) is 11.8 Å². The molecule has 30 heavy (non-hydrogen) atoms. The maximum atomic E-state index is 13.1. The van der Waals surface area contributed by atoms with Crippen molar-refractivity contribution in [2.75, 3.05) is 4.90 Å². The highest BCUT2D eigenvalue weighted by atomic mass is 32.1. The Bertz CT molecular complexity index is 1060. The van der Waals surface area contributed by atoms with Gasteiger partial charge in [-0.2, -0.15) is 0 Å². The zero-order chi connectivity index (χ0) is 22.0. The molecule has 1 aliphatic heterocycles. The Hall–Kier alpha value is -3.52. The first kappa shape index (κ1) is 21.2. The molecule has 3 rings (SSSR count). The summed E-state index contributed by atoms with van der Waals surface area (Å²) >= 11 is 5.23. The molecule has 154 valence electrons. The van der Waals surface area contributed by atoms with Gasteiger partial charge in [0.15, 0.2) is 11.2 Å². The van der Waals surface area contributed by atoms with Crippen LogP contribution in [0.5, 0.6) is 5.75 Å². The van der Waals surface area contributed by atoms with E-state index in [9.17, 15) is 14.4 Å². The molecule has 2 N–H and O–H groups in total. The molecule has 8 heteroatoms. The zero-order valence-electron chi connectivity index (χ0n) is 16.6. The summed E-state index contributed by atoms with van der Waals surface area (Å²) < 4.78 is 5.28. The predicted molar refractivity (Wildman–Crippen MR) is 116 cm³/mol. The Morgan fingerprint density at radius 1 is 1.13 bits per heavy atom. The van der Waals surface area contributed by atoms with E-state index in [2.05, 4.69) is 5.32 Å². The molecule has 0 aromatic heterocycles. The number of amides is 2. The maximum Gasteiger partial charge on any atom is 0.344 e. The normalized spacial score (nSPS) is 16.4. The number of rotatable bonds is 5. The standard InChI is InChI=1S/C22H20N2O5S/c1-12-8-13(2)10-16(9-12)24-20(26)18(19(25)23-22(24)30)11-15-4-6-17(7-5-15)29-14(3)21(27)28/h4-11,14H,1-3H3,(H,27,28)(H,23,25,30)/b18-11+. The van der Waals surface area contributed by atoms with Crippen LogP contribution in [0.1, 0.15) is 23.6 Å². The van der Waals surface area contributed by atoms with Crippen molar-refractivity contribution in [3.63, 3.8) is 0 Å². The van der Waals surface area contributed by atoms with E-state index in [1.54, 1.807) is 24.3 Å². The van der Waals surface area contributed by atoms with Crippen LogP contribution >= 0.6 is 12.2 Å². The Morgan fingerprint density at radius 2 is 1.73 bits per heavy atom. The van der Waals surface area contributed by atoms with Crippen LogP contribution in [0, 0.1) is 13.8 Å². The minimum absolute atomic E-state index is 0.0264. The first-order chi connectivity index (χ1) is 14.2. The monoisotopic (exact) mass is 424 g/mol. The number of carboxylic acid groups (broad SMARTS) is 1. The first-order valence-electron chi connectivity index (χ1n) is 9.15. The first-order valence-corrected chi connectivity index (χ1v) is 9.56. The van der Waals surface area contributed by atoms with Crippen LogP contribution in [-0.2, 0) is 14.4 Å². The van der Waals surface area contributed by atoms with Gasteiger partial charge in [-0.15, -0.1) is 0 Å². The van der Waals surface area contributed by atoms with E-state index in [1.807, 2.05) is 32.0 Å². The SMILES string of the molecule is Cc1cc(C)cc(N2C(=O)/C(=C/c3ccc(OC(C)C(=O)O)cc3)C(=O)NC2=S)c1. The van der Waals surface area contributed by atoms with Crippen LogP contribution in [0.3, 0.4) is 0 Å². The van der Waals surface area contributed by atoms with Crippen LogP contribution < -0.4 is 15.0 Å². The molecule has 1 fully saturated rings. The second-order valence-corrected chi connectivity index (χ2v) is 7.36. The van der Waals surface area contributed by atoms with E-state index < -0.39 is 23.9 Å². The van der Waals surface area contributed by atoms with Gasteiger partial charge in [0.1, 0.15) is 11.3 Å². The van der Waals surface area contributed by atoms with Crippen molar-refractivity contribution in [3.05, 3.63) is 64.7 Å². The minimum atomic E-state index is -1.08. The van der Waals surface area contributed by atoms with Crippen molar-refractivity contribution in [2.45, 2.75) is 26.9 Å². The molecule has 0 saturated carbocycles. The number of carboxylic acids is 1. The number of aliphatic carboxylic acids is 1. The van der Waals surface area contributed by atoms with Crippen molar-refractivity contribution < 1.29 is 24.2 Å². The highest BCUT2D eigenvalue weighted by molar-refractivity contribution is 7.80. The number of benzene rings is 2. The molecule has 2 aromatic rings. The molecule has 0 aliphatic carbocycles. The van der Waals surface area contributed by atoms with Gasteiger partial charge in [-0.1, -0.05) is 18.2 Å². The number of anilines is 1. The Morgan fingerprint density at radius 3 is 2.30 bits per heavy atom. The number of carbonyl (C=O) groups excluding carboxylic acids is 2. The van der Waals surface area contributed by atoms with E-state index in [0.717, 1.165) is 11.1 Å². The van der Waals surface area contributed by atoms with Gasteiger partial charge in [0, 0.05) is 0 Å². The van der Waals surface area contributed by atoms with Gasteiger partial charge in [-0.05, 0) is 80.0 Å². The molecule has 0 spiro atoms. The number of aryl methyl sites for hydroxylation is 2. The summed E-state index contributed by atoms with van der Waals surface area (Å²) in [5, 5.41) is 11.5. The molecule has 2 aromatic carbocycles. The van der Waals surface area contributed by atoms with Gasteiger partial charge in [0.2, 0.25) is 0 Å². The van der Waals surface area contributed by atoms with Gasteiger partial charge in [0.05, 0.1) is 5.69 Å². The van der Waals surface area contributed by atoms with Crippen molar-refractivity contribution in [2.24, 2.45) is 0 Å². The minimum Gasteiger partial charge on any atom is -0.479 e. The van der Waals surface area contributed by atoms with Crippen molar-refractivity contribution in [3.8, 4) is 5.75 Å². The number of nitrogens with zero attached hydrogens (tertiary/aromatic N) is 1. The van der Waals surface area contributed by atoms with Gasteiger partial charge in [-0.25, -0.2) is 4.79 Å². The van der Waals surface area contributed by atoms with Crippen LogP contribution in [0.2, 0.25) is 0 Å². The van der Waals surface area contributed by atoms with Crippen molar-refractivity contribution >= 4 is 46.9 Å². The number of nitrogens with one attached hydrogen (secondary N) is 1. The second-order valence-electron chi connectivity index (χ2n) is 6.97. The maximum absolute atomic E-state index is 13.1. The predicted octanol–water partition coefficient (Wildman–Crippen LogP) is 2.99. The smallest absolute Gasteiger partial charge is 0.344 e. The molecular formula is C22H20N2O5S. The summed E-state index contributed by atoms with van der Waals surface area (Å²) in [5.41, 5.74) is 3.04. The Labute approximate surface area is 179 Å². The molecule has 1 heterocycles. The summed E-state index contributed by atoms with van der Waals surface area (Å²) in [4.78, 5) is 37.7. The van der Waals surface area contributed by atoms with Gasteiger partial charge >= 0.3 is 5.97 Å². The van der Waals surface area contributed by atoms with Crippen LogP contribution in [0.15, 0.2) is 48.0 Å². The second kappa shape index (κ2) is 8.46. The zero-order valence-corrected chi connectivity index (χ0v) is 17.4. The highest BCUT2D eigenvalue weighted by Gasteiger charge is 2.34. The number of hydrogen-bond acceptors (Lipinski definition) is 5. The van der Waals surface area contributed by atoms with E-state index in [1.165, 1.54) is 17.9 Å². The van der Waals surface area contributed by atoms with E-state index in [-0.39, 0.29) is 10.7 Å². The van der Waals surface area contributed by atoms with Crippen LogP contribution in [0.4, 0.5) is 5.69 Å². The molecular weight excluding hydrogens is 404 g/mol. The van der Waals surface area contributed by atoms with Crippen molar-refractivity contribution in [1.29, 1.82) is 0 Å². The van der Waals surface area contributed by atoms with E-state index >= 15 is 0 Å². The summed E-state index contributed by atoms with van der Waals surface area (Å²) in [5.74, 6) is -1.81. The van der Waals surface area contributed by atoms with Gasteiger partial charge < -0.3 is 9.84 Å². The topological polar surface area (TPSA) is 95.9 Å². The molecule has 1 atom stereocenters. The highest BCUT2D eigenvalue weighted by Crippen LogP contribution is 2.25. The molecule has 0 bridgehead atoms. The fourth-order valence-corrected chi connectivity index (χ4v) is 3.32. The fourth-order valence-electron chi connectivity index (χ4n) is 3.04. The summed E-state index contributed by atoms with van der Waals surface area (Å²) in [7, 11) is 0.